The number of imidazole rings is 1. The number of hydrogen-bond acceptors (Lipinski definition) is 4. The largest absolute Gasteiger partial charge is 0.484 e. The van der Waals surface area contributed by atoms with E-state index in [1.807, 2.05) is 29.2 Å². The zero-order valence-corrected chi connectivity index (χ0v) is 17.2. The highest BCUT2D eigenvalue weighted by molar-refractivity contribution is 6.00. The molecule has 1 aliphatic heterocycles. The van der Waals surface area contributed by atoms with Gasteiger partial charge in [-0.15, -0.1) is 0 Å². The van der Waals surface area contributed by atoms with E-state index in [-0.39, 0.29) is 30.5 Å². The molecule has 1 N–H and O–H groups in total. The van der Waals surface area contributed by atoms with Crippen LogP contribution in [0.3, 0.4) is 0 Å². The molecule has 156 valence electrons. The highest BCUT2D eigenvalue weighted by Crippen LogP contribution is 2.23. The third kappa shape index (κ3) is 4.15. The summed E-state index contributed by atoms with van der Waals surface area (Å²) in [5.74, 6) is 0.311. The van der Waals surface area contributed by atoms with Crippen molar-refractivity contribution >= 4 is 22.8 Å². The Labute approximate surface area is 175 Å². The second kappa shape index (κ2) is 8.57. The van der Waals surface area contributed by atoms with Gasteiger partial charge >= 0.3 is 0 Å². The number of likely N-dealkylation sites (tertiary alicyclic amines) is 1. The minimum atomic E-state index is -0.253. The predicted molar refractivity (Wildman–Crippen MR) is 115 cm³/mol. The van der Waals surface area contributed by atoms with Crippen molar-refractivity contribution in [1.29, 1.82) is 0 Å². The smallest absolute Gasteiger partial charge is 0.270 e. The minimum absolute atomic E-state index is 0.00124. The number of ether oxygens (including phenoxy) is 1. The molecule has 2 amide bonds. The molecule has 0 radical (unpaired) electrons. The third-order valence-electron chi connectivity index (χ3n) is 5.64. The number of aromatic nitrogens is 2. The second-order valence-corrected chi connectivity index (χ2v) is 7.79. The van der Waals surface area contributed by atoms with E-state index in [1.165, 1.54) is 0 Å². The molecule has 2 unspecified atom stereocenters. The normalized spacial score (nSPS) is 18.9. The van der Waals surface area contributed by atoms with E-state index in [1.54, 1.807) is 35.3 Å². The maximum Gasteiger partial charge on any atom is 0.270 e. The fraction of sp³-hybridized carbons (Fsp3) is 0.348. The van der Waals surface area contributed by atoms with Crippen LogP contribution >= 0.6 is 0 Å². The summed E-state index contributed by atoms with van der Waals surface area (Å²) in [6, 6.07) is 14.8. The molecule has 2 aromatic carbocycles. The average molecular weight is 406 g/mol. The molecular weight excluding hydrogens is 380 g/mol. The number of para-hydroxylation sites is 2. The molecule has 2 heterocycles. The van der Waals surface area contributed by atoms with Crippen LogP contribution in [-0.4, -0.2) is 45.1 Å². The number of carbonyl (C=O) groups excluding carboxylic acids is 2. The van der Waals surface area contributed by atoms with Crippen molar-refractivity contribution in [3.8, 4) is 5.75 Å². The summed E-state index contributed by atoms with van der Waals surface area (Å²) >= 11 is 0. The van der Waals surface area contributed by atoms with Gasteiger partial charge in [-0.25, -0.2) is 9.66 Å². The number of amides is 2. The maximum absolute atomic E-state index is 12.6. The lowest BCUT2D eigenvalue weighted by Crippen LogP contribution is -2.49. The van der Waals surface area contributed by atoms with E-state index in [0.29, 0.717) is 11.3 Å². The van der Waals surface area contributed by atoms with Gasteiger partial charge in [0.1, 0.15) is 12.1 Å². The van der Waals surface area contributed by atoms with Gasteiger partial charge < -0.3 is 9.64 Å². The fourth-order valence-electron chi connectivity index (χ4n) is 4.06. The number of nitrogens with one attached hydrogen (secondary N) is 1. The lowest BCUT2D eigenvalue weighted by Gasteiger charge is -2.38. The monoisotopic (exact) mass is 406 g/mol. The van der Waals surface area contributed by atoms with Crippen molar-refractivity contribution in [3.05, 3.63) is 60.4 Å². The van der Waals surface area contributed by atoms with Gasteiger partial charge in [-0.05, 0) is 69.5 Å². The number of fused-ring (bicyclic) bond motifs is 1. The first kappa shape index (κ1) is 19.9. The maximum atomic E-state index is 12.6. The molecule has 1 aliphatic rings. The van der Waals surface area contributed by atoms with Gasteiger partial charge in [-0.2, -0.15) is 0 Å². The first-order valence-electron chi connectivity index (χ1n) is 10.3. The number of carbonyl (C=O) groups is 2. The summed E-state index contributed by atoms with van der Waals surface area (Å²) in [5, 5.41) is 0. The van der Waals surface area contributed by atoms with E-state index in [4.69, 9.17) is 4.74 Å². The summed E-state index contributed by atoms with van der Waals surface area (Å²) in [5.41, 5.74) is 4.94. The van der Waals surface area contributed by atoms with Crippen molar-refractivity contribution < 1.29 is 14.3 Å². The first-order valence-corrected chi connectivity index (χ1v) is 10.3. The van der Waals surface area contributed by atoms with Gasteiger partial charge in [-0.3, -0.25) is 15.0 Å². The SMILES string of the molecule is CC1CCCC(C)N1C(=O)COc1ccc(C(=O)Nn2cnc3ccccc32)cc1. The molecule has 0 aliphatic carbocycles. The molecule has 3 aromatic rings. The Kier molecular flexibility index (Phi) is 5.70. The van der Waals surface area contributed by atoms with Crippen molar-refractivity contribution in [1.82, 2.24) is 14.6 Å². The summed E-state index contributed by atoms with van der Waals surface area (Å²) in [6.45, 7) is 4.18. The van der Waals surface area contributed by atoms with Crippen LogP contribution in [0.25, 0.3) is 11.0 Å². The summed E-state index contributed by atoms with van der Waals surface area (Å²) in [7, 11) is 0. The number of rotatable bonds is 5. The van der Waals surface area contributed by atoms with Gasteiger partial charge in [0, 0.05) is 17.6 Å². The minimum Gasteiger partial charge on any atom is -0.484 e. The van der Waals surface area contributed by atoms with E-state index >= 15 is 0 Å². The highest BCUT2D eigenvalue weighted by Gasteiger charge is 2.28. The number of nitrogens with zero attached hydrogens (tertiary/aromatic N) is 3. The van der Waals surface area contributed by atoms with Crippen LogP contribution in [0.5, 0.6) is 5.75 Å². The van der Waals surface area contributed by atoms with Gasteiger partial charge in [-0.1, -0.05) is 12.1 Å². The van der Waals surface area contributed by atoms with Crippen molar-refractivity contribution in [2.24, 2.45) is 0 Å². The van der Waals surface area contributed by atoms with Crippen LogP contribution in [0.1, 0.15) is 43.5 Å². The van der Waals surface area contributed by atoms with Crippen LogP contribution < -0.4 is 10.2 Å². The summed E-state index contributed by atoms with van der Waals surface area (Å²) < 4.78 is 7.28. The zero-order valence-electron chi connectivity index (χ0n) is 17.2. The molecule has 7 heteroatoms. The van der Waals surface area contributed by atoms with Crippen molar-refractivity contribution in [3.63, 3.8) is 0 Å². The molecule has 0 saturated carbocycles. The predicted octanol–water partition coefficient (Wildman–Crippen LogP) is 3.59. The Morgan fingerprint density at radius 3 is 2.50 bits per heavy atom. The first-order chi connectivity index (χ1) is 14.5. The third-order valence-corrected chi connectivity index (χ3v) is 5.64. The zero-order chi connectivity index (χ0) is 21.1. The van der Waals surface area contributed by atoms with Gasteiger partial charge in [0.05, 0.1) is 11.0 Å². The number of hydrogen-bond donors (Lipinski definition) is 1. The Morgan fingerprint density at radius 2 is 1.77 bits per heavy atom. The van der Waals surface area contributed by atoms with Gasteiger partial charge in [0.25, 0.3) is 11.8 Å². The van der Waals surface area contributed by atoms with Crippen LogP contribution in [0, 0.1) is 0 Å². The lowest BCUT2D eigenvalue weighted by molar-refractivity contribution is -0.139. The molecule has 7 nitrogen and oxygen atoms in total. The Hall–Kier alpha value is -3.35. The Bertz CT molecular complexity index is 1030. The molecule has 2 atom stereocenters. The van der Waals surface area contributed by atoms with Crippen molar-refractivity contribution in [2.75, 3.05) is 12.0 Å². The standard InChI is InChI=1S/C23H26N4O3/c1-16-6-5-7-17(2)27(16)22(28)14-30-19-12-10-18(11-13-19)23(29)25-26-15-24-20-8-3-4-9-21(20)26/h3-4,8-13,15-17H,5-7,14H2,1-2H3,(H,25,29). The molecule has 0 spiro atoms. The van der Waals surface area contributed by atoms with E-state index in [9.17, 15) is 9.59 Å². The quantitative estimate of drug-likeness (QED) is 0.703. The van der Waals surface area contributed by atoms with Crippen LogP contribution in [0.15, 0.2) is 54.9 Å². The van der Waals surface area contributed by atoms with Crippen LogP contribution in [-0.2, 0) is 4.79 Å². The molecule has 1 saturated heterocycles. The van der Waals surface area contributed by atoms with E-state index < -0.39 is 0 Å². The Balaban J connectivity index is 1.35. The lowest BCUT2D eigenvalue weighted by atomic mass is 9.97. The topological polar surface area (TPSA) is 76.5 Å². The highest BCUT2D eigenvalue weighted by atomic mass is 16.5. The van der Waals surface area contributed by atoms with Crippen molar-refractivity contribution in [2.45, 2.75) is 45.2 Å². The van der Waals surface area contributed by atoms with Gasteiger partial charge in [0.2, 0.25) is 0 Å². The number of benzene rings is 2. The molecule has 1 aromatic heterocycles. The molecule has 4 rings (SSSR count). The Morgan fingerprint density at radius 1 is 1.07 bits per heavy atom. The average Bonchev–Trinajstić information content (AvgIpc) is 3.15. The molecule has 0 bridgehead atoms. The summed E-state index contributed by atoms with van der Waals surface area (Å²) in [6.07, 6.45) is 4.80. The fourth-order valence-corrected chi connectivity index (χ4v) is 4.06. The molecule has 30 heavy (non-hydrogen) atoms. The van der Waals surface area contributed by atoms with E-state index in [0.717, 1.165) is 30.3 Å². The van der Waals surface area contributed by atoms with Gasteiger partial charge in [0.15, 0.2) is 6.61 Å². The molecule has 1 fully saturated rings. The van der Waals surface area contributed by atoms with Crippen LogP contribution in [0.4, 0.5) is 0 Å². The summed E-state index contributed by atoms with van der Waals surface area (Å²) in [4.78, 5) is 31.3. The van der Waals surface area contributed by atoms with Crippen LogP contribution in [0.2, 0.25) is 0 Å². The second-order valence-electron chi connectivity index (χ2n) is 7.79. The van der Waals surface area contributed by atoms with E-state index in [2.05, 4.69) is 24.3 Å². The number of piperidine rings is 1. The molecular formula is C23H26N4O3.